The van der Waals surface area contributed by atoms with E-state index in [1.54, 1.807) is 4.90 Å². The number of hydrogen-bond donors (Lipinski definition) is 2. The molecule has 0 saturated carbocycles. The molecule has 1 heterocycles. The normalized spacial score (nSPS) is 17.5. The van der Waals surface area contributed by atoms with Crippen LogP contribution in [0.5, 0.6) is 0 Å². The van der Waals surface area contributed by atoms with Crippen LogP contribution in [0, 0.1) is 5.92 Å². The van der Waals surface area contributed by atoms with Gasteiger partial charge in [-0.05, 0) is 31.2 Å². The number of hydrogen-bond acceptors (Lipinski definition) is 3. The number of carbonyl (C=O) groups is 2. The second-order valence-corrected chi connectivity index (χ2v) is 5.73. The van der Waals surface area contributed by atoms with E-state index in [1.807, 2.05) is 24.3 Å². The fourth-order valence-corrected chi connectivity index (χ4v) is 2.62. The lowest BCUT2D eigenvalue weighted by molar-refractivity contribution is -0.126. The largest absolute Gasteiger partial charge is 0.356 e. The van der Waals surface area contributed by atoms with Crippen LogP contribution in [0.4, 0.5) is 5.69 Å². The number of benzene rings is 1. The van der Waals surface area contributed by atoms with Gasteiger partial charge >= 0.3 is 0 Å². The van der Waals surface area contributed by atoms with Gasteiger partial charge < -0.3 is 16.0 Å². The Hall–Kier alpha value is -1.11. The van der Waals surface area contributed by atoms with Crippen LogP contribution in [0.2, 0.25) is 0 Å². The second-order valence-electron chi connectivity index (χ2n) is 4.82. The van der Waals surface area contributed by atoms with Crippen molar-refractivity contribution in [3.8, 4) is 0 Å². The summed E-state index contributed by atoms with van der Waals surface area (Å²) in [6.07, 6.45) is 1.02. The summed E-state index contributed by atoms with van der Waals surface area (Å²) in [5.41, 5.74) is 6.21. The fraction of sp³-hybridized carbons (Fsp3) is 0.429. The zero-order valence-corrected chi connectivity index (χ0v) is 14.0. The second kappa shape index (κ2) is 8.36. The van der Waals surface area contributed by atoms with E-state index in [-0.39, 0.29) is 36.6 Å². The van der Waals surface area contributed by atoms with E-state index in [9.17, 15) is 9.59 Å². The first-order valence-corrected chi connectivity index (χ1v) is 7.45. The molecule has 1 fully saturated rings. The van der Waals surface area contributed by atoms with Crippen LogP contribution < -0.4 is 16.0 Å². The Morgan fingerprint density at radius 2 is 2.24 bits per heavy atom. The van der Waals surface area contributed by atoms with Crippen molar-refractivity contribution < 1.29 is 9.59 Å². The van der Waals surface area contributed by atoms with Crippen LogP contribution in [0.1, 0.15) is 12.8 Å². The maximum Gasteiger partial charge on any atom is 0.227 e. The van der Waals surface area contributed by atoms with E-state index in [2.05, 4.69) is 21.2 Å². The summed E-state index contributed by atoms with van der Waals surface area (Å²) >= 11 is 3.39. The molecule has 116 valence electrons. The van der Waals surface area contributed by atoms with Crippen molar-refractivity contribution in [1.82, 2.24) is 5.32 Å². The Balaban J connectivity index is 0.00000220. The highest BCUT2D eigenvalue weighted by Gasteiger charge is 2.34. The summed E-state index contributed by atoms with van der Waals surface area (Å²) in [4.78, 5) is 25.7. The van der Waals surface area contributed by atoms with Crippen LogP contribution in [0.25, 0.3) is 0 Å². The van der Waals surface area contributed by atoms with E-state index in [1.165, 1.54) is 0 Å². The molecule has 1 aromatic carbocycles. The number of nitrogens with zero attached hydrogens (tertiary/aromatic N) is 1. The summed E-state index contributed by atoms with van der Waals surface area (Å²) in [6, 6.07) is 7.53. The molecule has 0 bridgehead atoms. The van der Waals surface area contributed by atoms with Crippen molar-refractivity contribution >= 4 is 45.8 Å². The van der Waals surface area contributed by atoms with Gasteiger partial charge in [0.05, 0.1) is 5.92 Å². The maximum atomic E-state index is 12.0. The molecule has 1 aliphatic rings. The number of anilines is 1. The van der Waals surface area contributed by atoms with Crippen molar-refractivity contribution in [2.24, 2.45) is 11.7 Å². The molecule has 2 amide bonds. The van der Waals surface area contributed by atoms with Crippen LogP contribution >= 0.6 is 28.3 Å². The van der Waals surface area contributed by atoms with Gasteiger partial charge in [0.25, 0.3) is 0 Å². The predicted octanol–water partition coefficient (Wildman–Crippen LogP) is 1.69. The van der Waals surface area contributed by atoms with Gasteiger partial charge in [-0.2, -0.15) is 0 Å². The van der Waals surface area contributed by atoms with Crippen molar-refractivity contribution in [2.45, 2.75) is 12.8 Å². The summed E-state index contributed by atoms with van der Waals surface area (Å²) in [5, 5.41) is 2.82. The number of rotatable bonds is 5. The number of nitrogens with two attached hydrogens (primary N) is 1. The van der Waals surface area contributed by atoms with Crippen LogP contribution in [-0.2, 0) is 9.59 Å². The third-order valence-corrected chi connectivity index (χ3v) is 3.79. The zero-order chi connectivity index (χ0) is 14.5. The minimum Gasteiger partial charge on any atom is -0.356 e. The summed E-state index contributed by atoms with van der Waals surface area (Å²) in [7, 11) is 0. The van der Waals surface area contributed by atoms with E-state index in [4.69, 9.17) is 5.73 Å². The highest BCUT2D eigenvalue weighted by atomic mass is 79.9. The van der Waals surface area contributed by atoms with Crippen LogP contribution in [0.15, 0.2) is 28.7 Å². The smallest absolute Gasteiger partial charge is 0.227 e. The van der Waals surface area contributed by atoms with Gasteiger partial charge in [-0.15, -0.1) is 12.4 Å². The molecule has 1 unspecified atom stereocenters. The lowest BCUT2D eigenvalue weighted by Crippen LogP contribution is -2.34. The Morgan fingerprint density at radius 3 is 2.90 bits per heavy atom. The van der Waals surface area contributed by atoms with E-state index >= 15 is 0 Å². The molecule has 0 aromatic heterocycles. The molecule has 7 heteroatoms. The molecular formula is C14H19BrClN3O2. The first kappa shape index (κ1) is 17.9. The number of amides is 2. The first-order chi connectivity index (χ1) is 9.61. The average Bonchev–Trinajstić information content (AvgIpc) is 2.81. The zero-order valence-electron chi connectivity index (χ0n) is 11.5. The first-order valence-electron chi connectivity index (χ1n) is 6.65. The summed E-state index contributed by atoms with van der Waals surface area (Å²) < 4.78 is 0.915. The van der Waals surface area contributed by atoms with Gasteiger partial charge in [0.1, 0.15) is 0 Å². The molecule has 3 N–H and O–H groups in total. The number of nitrogens with one attached hydrogen (secondary N) is 1. The summed E-state index contributed by atoms with van der Waals surface area (Å²) in [5.74, 6) is -0.356. The monoisotopic (exact) mass is 375 g/mol. The molecule has 21 heavy (non-hydrogen) atoms. The van der Waals surface area contributed by atoms with Crippen molar-refractivity contribution in [3.05, 3.63) is 28.7 Å². The van der Waals surface area contributed by atoms with Gasteiger partial charge in [0, 0.05) is 29.7 Å². The van der Waals surface area contributed by atoms with Gasteiger partial charge in [-0.25, -0.2) is 0 Å². The van der Waals surface area contributed by atoms with Crippen LogP contribution in [-0.4, -0.2) is 31.4 Å². The Morgan fingerprint density at radius 1 is 1.48 bits per heavy atom. The molecular weight excluding hydrogens is 358 g/mol. The van der Waals surface area contributed by atoms with E-state index < -0.39 is 0 Å². The van der Waals surface area contributed by atoms with E-state index in [0.717, 1.165) is 16.6 Å². The van der Waals surface area contributed by atoms with Gasteiger partial charge in [0.15, 0.2) is 0 Å². The quantitative estimate of drug-likeness (QED) is 0.768. The molecule has 0 radical (unpaired) electrons. The third-order valence-electron chi connectivity index (χ3n) is 3.30. The minimum absolute atomic E-state index is 0. The topological polar surface area (TPSA) is 75.4 Å². The van der Waals surface area contributed by atoms with E-state index in [0.29, 0.717) is 19.6 Å². The highest BCUT2D eigenvalue weighted by molar-refractivity contribution is 9.10. The highest BCUT2D eigenvalue weighted by Crippen LogP contribution is 2.27. The molecule has 1 aromatic rings. The summed E-state index contributed by atoms with van der Waals surface area (Å²) in [6.45, 7) is 1.55. The SMILES string of the molecule is Cl.NCCCNC(=O)C1CC(=O)N(c2cccc(Br)c2)C1. The number of halogens is 2. The Bertz CT molecular complexity index is 513. The lowest BCUT2D eigenvalue weighted by atomic mass is 10.1. The molecule has 2 rings (SSSR count). The maximum absolute atomic E-state index is 12.0. The standard InChI is InChI=1S/C14H18BrN3O2.ClH/c15-11-3-1-4-12(8-11)18-9-10(7-13(18)19)14(20)17-6-2-5-16;/h1,3-4,8,10H,2,5-7,9,16H2,(H,17,20);1H. The Kier molecular flexibility index (Phi) is 7.14. The lowest BCUT2D eigenvalue weighted by Gasteiger charge is -2.17. The fourth-order valence-electron chi connectivity index (χ4n) is 2.23. The van der Waals surface area contributed by atoms with Crippen LogP contribution in [0.3, 0.4) is 0 Å². The Labute approximate surface area is 138 Å². The van der Waals surface area contributed by atoms with Crippen molar-refractivity contribution in [3.63, 3.8) is 0 Å². The van der Waals surface area contributed by atoms with Gasteiger partial charge in [0.2, 0.25) is 11.8 Å². The molecule has 1 atom stereocenters. The minimum atomic E-state index is -0.278. The third kappa shape index (κ3) is 4.69. The molecule has 0 spiro atoms. The molecule has 1 aliphatic heterocycles. The average molecular weight is 377 g/mol. The van der Waals surface area contributed by atoms with Crippen molar-refractivity contribution in [1.29, 1.82) is 0 Å². The van der Waals surface area contributed by atoms with Crippen molar-refractivity contribution in [2.75, 3.05) is 24.5 Å². The van der Waals surface area contributed by atoms with Gasteiger partial charge in [-0.3, -0.25) is 9.59 Å². The van der Waals surface area contributed by atoms with Gasteiger partial charge in [-0.1, -0.05) is 22.0 Å². The molecule has 1 saturated heterocycles. The number of carbonyl (C=O) groups excluding carboxylic acids is 2. The predicted molar refractivity (Wildman–Crippen MR) is 88.5 cm³/mol. The molecule has 5 nitrogen and oxygen atoms in total. The molecule has 0 aliphatic carbocycles.